The van der Waals surface area contributed by atoms with Crippen LogP contribution >= 0.6 is 0 Å². The summed E-state index contributed by atoms with van der Waals surface area (Å²) in [7, 11) is 2.07. The number of hydrogen-bond donors (Lipinski definition) is 1. The second-order valence-electron chi connectivity index (χ2n) is 3.81. The van der Waals surface area contributed by atoms with Gasteiger partial charge in [0.2, 0.25) is 0 Å². The van der Waals surface area contributed by atoms with Crippen LogP contribution in [0.5, 0.6) is 0 Å². The number of rotatable bonds is 3. The maximum atomic E-state index is 4.34. The lowest BCUT2D eigenvalue weighted by Gasteiger charge is -2.25. The molecule has 2 heterocycles. The Morgan fingerprint density at radius 3 is 3.00 bits per heavy atom. The van der Waals surface area contributed by atoms with E-state index in [1.165, 1.54) is 0 Å². The fraction of sp³-hybridized carbons (Fsp3) is 0.455. The molecule has 1 N–H and O–H groups in total. The first-order valence-corrected chi connectivity index (χ1v) is 5.25. The van der Waals surface area contributed by atoms with Gasteiger partial charge in [0.25, 0.3) is 0 Å². The van der Waals surface area contributed by atoms with E-state index in [-0.39, 0.29) is 0 Å². The number of hydrogen-bond acceptors (Lipinski definition) is 3. The third-order valence-electron chi connectivity index (χ3n) is 2.92. The number of aromatic nitrogens is 3. The Morgan fingerprint density at radius 2 is 2.27 bits per heavy atom. The van der Waals surface area contributed by atoms with E-state index in [1.807, 2.05) is 12.3 Å². The van der Waals surface area contributed by atoms with Crippen LogP contribution in [0.1, 0.15) is 20.3 Å². The summed E-state index contributed by atoms with van der Waals surface area (Å²) in [6.45, 7) is 4.37. The summed E-state index contributed by atoms with van der Waals surface area (Å²) in [6, 6.07) is 2.50. The predicted octanol–water partition coefficient (Wildman–Crippen LogP) is 2.19. The smallest absolute Gasteiger partial charge is 0.142 e. The molecule has 1 unspecified atom stereocenters. The van der Waals surface area contributed by atoms with E-state index in [0.717, 1.165) is 23.3 Å². The lowest BCUT2D eigenvalue weighted by molar-refractivity contribution is 0.658. The van der Waals surface area contributed by atoms with Crippen LogP contribution in [0.15, 0.2) is 18.6 Å². The van der Waals surface area contributed by atoms with Crippen LogP contribution in [0.25, 0.3) is 11.0 Å². The van der Waals surface area contributed by atoms with Gasteiger partial charge < -0.3 is 9.88 Å². The van der Waals surface area contributed by atoms with Crippen molar-refractivity contribution in [1.29, 1.82) is 0 Å². The molecule has 2 aromatic heterocycles. The zero-order chi connectivity index (χ0) is 10.8. The Balaban J connectivity index is 2.46. The Bertz CT molecular complexity index is 449. The standard InChI is InChI=1S/C11H16N4/c1-4-8(2)15(3)11-9-5-6-12-10(9)13-7-14-11/h5-8H,4H2,1-3H3,(H,12,13,14). The van der Waals surface area contributed by atoms with E-state index in [2.05, 4.69) is 40.7 Å². The summed E-state index contributed by atoms with van der Waals surface area (Å²) >= 11 is 0. The van der Waals surface area contributed by atoms with Gasteiger partial charge in [0, 0.05) is 19.3 Å². The molecular formula is C11H16N4. The number of nitrogens with zero attached hydrogens (tertiary/aromatic N) is 3. The quantitative estimate of drug-likeness (QED) is 0.833. The molecule has 2 aromatic rings. The Kier molecular flexibility index (Phi) is 2.58. The number of nitrogens with one attached hydrogen (secondary N) is 1. The molecule has 0 aromatic carbocycles. The molecule has 80 valence electrons. The summed E-state index contributed by atoms with van der Waals surface area (Å²) in [5.74, 6) is 0.996. The van der Waals surface area contributed by atoms with Crippen molar-refractivity contribution in [1.82, 2.24) is 15.0 Å². The highest BCUT2D eigenvalue weighted by Crippen LogP contribution is 2.22. The van der Waals surface area contributed by atoms with Gasteiger partial charge in [0.1, 0.15) is 17.8 Å². The van der Waals surface area contributed by atoms with Crippen LogP contribution < -0.4 is 4.90 Å². The van der Waals surface area contributed by atoms with E-state index in [9.17, 15) is 0 Å². The second kappa shape index (κ2) is 3.88. The Morgan fingerprint density at radius 1 is 1.47 bits per heavy atom. The minimum atomic E-state index is 0.484. The zero-order valence-corrected chi connectivity index (χ0v) is 9.36. The molecule has 0 bridgehead atoms. The maximum Gasteiger partial charge on any atom is 0.142 e. The zero-order valence-electron chi connectivity index (χ0n) is 9.36. The molecule has 0 saturated carbocycles. The number of anilines is 1. The maximum absolute atomic E-state index is 4.34. The van der Waals surface area contributed by atoms with Crippen LogP contribution in [0.3, 0.4) is 0 Å². The number of aromatic amines is 1. The summed E-state index contributed by atoms with van der Waals surface area (Å²) in [5.41, 5.74) is 0.898. The summed E-state index contributed by atoms with van der Waals surface area (Å²) in [5, 5.41) is 1.08. The topological polar surface area (TPSA) is 44.8 Å². The van der Waals surface area contributed by atoms with Gasteiger partial charge in [-0.15, -0.1) is 0 Å². The van der Waals surface area contributed by atoms with Crippen molar-refractivity contribution in [2.75, 3.05) is 11.9 Å². The molecule has 0 amide bonds. The largest absolute Gasteiger partial charge is 0.356 e. The van der Waals surface area contributed by atoms with Crippen molar-refractivity contribution >= 4 is 16.9 Å². The molecule has 0 aliphatic heterocycles. The molecule has 4 nitrogen and oxygen atoms in total. The van der Waals surface area contributed by atoms with Crippen LogP contribution in [0.2, 0.25) is 0 Å². The van der Waals surface area contributed by atoms with E-state index in [1.54, 1.807) is 6.33 Å². The highest BCUT2D eigenvalue weighted by atomic mass is 15.2. The molecule has 0 saturated heterocycles. The predicted molar refractivity (Wildman–Crippen MR) is 62.0 cm³/mol. The lowest BCUT2D eigenvalue weighted by Crippen LogP contribution is -2.28. The first kappa shape index (κ1) is 9.96. The van der Waals surface area contributed by atoms with Gasteiger partial charge in [-0.1, -0.05) is 6.92 Å². The normalized spacial score (nSPS) is 13.0. The van der Waals surface area contributed by atoms with Gasteiger partial charge in [-0.25, -0.2) is 9.97 Å². The van der Waals surface area contributed by atoms with E-state index in [0.29, 0.717) is 6.04 Å². The van der Waals surface area contributed by atoms with Gasteiger partial charge in [0.05, 0.1) is 5.39 Å². The minimum Gasteiger partial charge on any atom is -0.356 e. The van der Waals surface area contributed by atoms with Gasteiger partial charge in [-0.05, 0) is 19.4 Å². The Hall–Kier alpha value is -1.58. The molecular weight excluding hydrogens is 188 g/mol. The molecule has 4 heteroatoms. The van der Waals surface area contributed by atoms with Crippen molar-refractivity contribution in [3.8, 4) is 0 Å². The van der Waals surface area contributed by atoms with Crippen molar-refractivity contribution in [3.63, 3.8) is 0 Å². The molecule has 1 atom stereocenters. The fourth-order valence-electron chi connectivity index (χ4n) is 1.62. The van der Waals surface area contributed by atoms with Crippen LogP contribution in [-0.2, 0) is 0 Å². The summed E-state index contributed by atoms with van der Waals surface area (Å²) in [6.07, 6.45) is 4.60. The van der Waals surface area contributed by atoms with Crippen molar-refractivity contribution in [2.24, 2.45) is 0 Å². The van der Waals surface area contributed by atoms with Gasteiger partial charge in [-0.3, -0.25) is 0 Å². The second-order valence-corrected chi connectivity index (χ2v) is 3.81. The van der Waals surface area contributed by atoms with Crippen molar-refractivity contribution in [3.05, 3.63) is 18.6 Å². The van der Waals surface area contributed by atoms with Crippen LogP contribution in [0.4, 0.5) is 5.82 Å². The van der Waals surface area contributed by atoms with E-state index >= 15 is 0 Å². The minimum absolute atomic E-state index is 0.484. The molecule has 0 radical (unpaired) electrons. The van der Waals surface area contributed by atoms with Crippen LogP contribution in [0, 0.1) is 0 Å². The van der Waals surface area contributed by atoms with E-state index in [4.69, 9.17) is 0 Å². The molecule has 15 heavy (non-hydrogen) atoms. The summed E-state index contributed by atoms with van der Waals surface area (Å²) in [4.78, 5) is 13.8. The van der Waals surface area contributed by atoms with Gasteiger partial charge in [0.15, 0.2) is 0 Å². The highest BCUT2D eigenvalue weighted by molar-refractivity contribution is 5.87. The summed E-state index contributed by atoms with van der Waals surface area (Å²) < 4.78 is 0. The van der Waals surface area contributed by atoms with Crippen LogP contribution in [-0.4, -0.2) is 28.0 Å². The molecule has 2 rings (SSSR count). The third kappa shape index (κ3) is 1.67. The average Bonchev–Trinajstić information content (AvgIpc) is 2.74. The first-order valence-electron chi connectivity index (χ1n) is 5.25. The number of H-pyrrole nitrogens is 1. The lowest BCUT2D eigenvalue weighted by atomic mass is 10.2. The monoisotopic (exact) mass is 204 g/mol. The Labute approximate surface area is 89.3 Å². The SMILES string of the molecule is CCC(C)N(C)c1ncnc2[nH]ccc12. The van der Waals surface area contributed by atoms with Gasteiger partial charge in [-0.2, -0.15) is 0 Å². The molecule has 0 spiro atoms. The van der Waals surface area contributed by atoms with Crippen molar-refractivity contribution in [2.45, 2.75) is 26.3 Å². The molecule has 0 aliphatic carbocycles. The van der Waals surface area contributed by atoms with Gasteiger partial charge >= 0.3 is 0 Å². The molecule has 0 aliphatic rings. The van der Waals surface area contributed by atoms with E-state index < -0.39 is 0 Å². The molecule has 0 fully saturated rings. The number of fused-ring (bicyclic) bond motifs is 1. The van der Waals surface area contributed by atoms with Crippen molar-refractivity contribution < 1.29 is 0 Å². The first-order chi connectivity index (χ1) is 7.24. The fourth-order valence-corrected chi connectivity index (χ4v) is 1.62. The average molecular weight is 204 g/mol. The highest BCUT2D eigenvalue weighted by Gasteiger charge is 2.13. The third-order valence-corrected chi connectivity index (χ3v) is 2.92.